The van der Waals surface area contributed by atoms with E-state index in [-0.39, 0.29) is 17.8 Å². The number of carbonyl (C=O) groups excluding carboxylic acids is 1. The minimum atomic E-state index is -6.35. The number of amides is 1. The fourth-order valence-electron chi connectivity index (χ4n) is 2.57. The number of nitrogens with zero attached hydrogens (tertiary/aromatic N) is 1. The van der Waals surface area contributed by atoms with Gasteiger partial charge in [0.05, 0.1) is 22.0 Å². The van der Waals surface area contributed by atoms with Gasteiger partial charge >= 0.3 is 18.0 Å². The van der Waals surface area contributed by atoms with Crippen molar-refractivity contribution in [2.45, 2.75) is 18.0 Å². The Morgan fingerprint density at radius 1 is 1.07 bits per heavy atom. The number of rotatable bonds is 3. The van der Waals surface area contributed by atoms with Crippen LogP contribution in [0, 0.1) is 5.82 Å². The Hall–Kier alpha value is -2.08. The van der Waals surface area contributed by atoms with E-state index >= 15 is 0 Å². The number of carbonyl (C=O) groups is 1. The summed E-state index contributed by atoms with van der Waals surface area (Å²) in [5, 5.41) is -0.824. The molecule has 164 valence electrons. The lowest BCUT2D eigenvalue weighted by atomic mass is 9.94. The molecule has 2 N–H and O–H groups in total. The summed E-state index contributed by atoms with van der Waals surface area (Å²) in [5.74, 6) is -2.15. The van der Waals surface area contributed by atoms with Gasteiger partial charge in [-0.15, -0.1) is 0 Å². The lowest BCUT2D eigenvalue weighted by Crippen LogP contribution is -2.50. The highest BCUT2D eigenvalue weighted by Gasteiger charge is 2.73. The number of nitrogens with two attached hydrogens (primary N) is 1. The summed E-state index contributed by atoms with van der Waals surface area (Å²) in [7, 11) is 1.03. The van der Waals surface area contributed by atoms with E-state index in [1.165, 1.54) is 12.1 Å². The smallest absolute Gasteiger partial charge is 0.396 e. The summed E-state index contributed by atoms with van der Waals surface area (Å²) in [6.07, 6.45) is -12.7. The molecular weight excluding hydrogens is 516 g/mol. The van der Waals surface area contributed by atoms with Crippen molar-refractivity contribution in [3.05, 3.63) is 56.8 Å². The molecule has 0 radical (unpaired) electrons. The van der Waals surface area contributed by atoms with Gasteiger partial charge < -0.3 is 10.6 Å². The van der Waals surface area contributed by atoms with Crippen LogP contribution in [0.25, 0.3) is 0 Å². The highest BCUT2D eigenvalue weighted by atomic mass is 79.9. The number of alkyl halides is 7. The first-order valence-electron chi connectivity index (χ1n) is 7.68. The number of nitrogen functional groups attached to an aromatic ring is 1. The van der Waals surface area contributed by atoms with Crippen molar-refractivity contribution in [2.75, 3.05) is 17.7 Å². The van der Waals surface area contributed by atoms with Crippen LogP contribution in [0.5, 0.6) is 0 Å². The average molecular weight is 526 g/mol. The lowest BCUT2D eigenvalue weighted by molar-refractivity contribution is -0.348. The molecule has 13 heteroatoms. The van der Waals surface area contributed by atoms with E-state index in [0.717, 1.165) is 13.1 Å². The van der Waals surface area contributed by atoms with Crippen molar-refractivity contribution >= 4 is 44.8 Å². The van der Waals surface area contributed by atoms with Gasteiger partial charge in [0.2, 0.25) is 0 Å². The normalized spacial score (nSPS) is 12.8. The van der Waals surface area contributed by atoms with Gasteiger partial charge in [-0.2, -0.15) is 26.3 Å². The molecule has 0 aliphatic rings. The fourth-order valence-corrected chi connectivity index (χ4v) is 3.76. The van der Waals surface area contributed by atoms with Crippen molar-refractivity contribution in [1.29, 1.82) is 0 Å². The topological polar surface area (TPSA) is 46.3 Å². The van der Waals surface area contributed by atoms with Crippen LogP contribution in [0.4, 0.5) is 46.5 Å². The largest absolute Gasteiger partial charge is 0.435 e. The molecule has 0 bridgehead atoms. The van der Waals surface area contributed by atoms with Gasteiger partial charge in [0.1, 0.15) is 0 Å². The Bertz CT molecular complexity index is 956. The Balaban J connectivity index is 2.61. The first-order chi connectivity index (χ1) is 13.5. The molecule has 0 aromatic heterocycles. The Morgan fingerprint density at radius 3 is 2.07 bits per heavy atom. The standard InChI is InChI=1S/C17H10BrClF8N2O/c1-29(14(30)8-3-2-4-11(28)12(8)20)13-9(18)5-7(6-10(13)19)15(21,16(22,23)24)17(25,26)27/h2-6H,28H2,1H3. The average Bonchev–Trinajstić information content (AvgIpc) is 2.60. The molecule has 2 rings (SSSR count). The van der Waals surface area contributed by atoms with Crippen LogP contribution in [-0.4, -0.2) is 25.3 Å². The molecule has 0 fully saturated rings. The van der Waals surface area contributed by atoms with E-state index in [1.807, 2.05) is 0 Å². The molecule has 2 aromatic carbocycles. The summed E-state index contributed by atoms with van der Waals surface area (Å²) in [4.78, 5) is 13.2. The number of anilines is 2. The van der Waals surface area contributed by atoms with E-state index in [1.54, 1.807) is 0 Å². The second-order valence-corrected chi connectivity index (χ2v) is 7.28. The summed E-state index contributed by atoms with van der Waals surface area (Å²) in [5.41, 5.74) is -3.51. The summed E-state index contributed by atoms with van der Waals surface area (Å²) in [6, 6.07) is 3.77. The SMILES string of the molecule is CN(C(=O)c1cccc(N)c1F)c1c(Cl)cc(C(F)(C(F)(F)F)C(F)(F)F)cc1Br. The molecule has 30 heavy (non-hydrogen) atoms. The van der Waals surface area contributed by atoms with E-state index in [4.69, 9.17) is 17.3 Å². The Morgan fingerprint density at radius 2 is 1.60 bits per heavy atom. The highest BCUT2D eigenvalue weighted by Crippen LogP contribution is 2.54. The molecule has 0 saturated heterocycles. The summed E-state index contributed by atoms with van der Waals surface area (Å²) < 4.78 is 106. The van der Waals surface area contributed by atoms with Crippen molar-refractivity contribution < 1.29 is 39.9 Å². The van der Waals surface area contributed by atoms with E-state index < -0.39 is 56.1 Å². The number of hydrogen-bond acceptors (Lipinski definition) is 2. The Kier molecular flexibility index (Phi) is 6.35. The predicted octanol–water partition coefficient (Wildman–Crippen LogP) is 6.39. The molecule has 1 amide bonds. The molecule has 0 heterocycles. The third-order valence-electron chi connectivity index (χ3n) is 4.09. The van der Waals surface area contributed by atoms with E-state index in [0.29, 0.717) is 4.90 Å². The quantitative estimate of drug-likeness (QED) is 0.373. The number of hydrogen-bond donors (Lipinski definition) is 1. The summed E-state index contributed by atoms with van der Waals surface area (Å²) >= 11 is 8.49. The molecule has 0 aliphatic carbocycles. The van der Waals surface area contributed by atoms with E-state index in [9.17, 15) is 39.9 Å². The molecule has 0 spiro atoms. The monoisotopic (exact) mass is 524 g/mol. The van der Waals surface area contributed by atoms with Crippen molar-refractivity contribution in [3.63, 3.8) is 0 Å². The fraction of sp³-hybridized carbons (Fsp3) is 0.235. The van der Waals surface area contributed by atoms with Crippen molar-refractivity contribution in [2.24, 2.45) is 0 Å². The van der Waals surface area contributed by atoms with Crippen LogP contribution < -0.4 is 10.6 Å². The molecular formula is C17H10BrClF8N2O. The van der Waals surface area contributed by atoms with Gasteiger partial charge in [0, 0.05) is 17.1 Å². The minimum absolute atomic E-state index is 0.0993. The number of benzene rings is 2. The lowest BCUT2D eigenvalue weighted by Gasteiger charge is -2.31. The zero-order chi connectivity index (χ0) is 23.2. The van der Waals surface area contributed by atoms with Gasteiger partial charge in [-0.05, 0) is 40.2 Å². The van der Waals surface area contributed by atoms with Crippen LogP contribution in [0.15, 0.2) is 34.8 Å². The Labute approximate surface area is 177 Å². The second kappa shape index (κ2) is 7.88. The zero-order valence-corrected chi connectivity index (χ0v) is 16.9. The maximum atomic E-state index is 14.3. The molecule has 0 aliphatic heterocycles. The van der Waals surface area contributed by atoms with Crippen LogP contribution >= 0.6 is 27.5 Å². The van der Waals surface area contributed by atoms with Crippen LogP contribution in [-0.2, 0) is 5.67 Å². The number of halogens is 10. The molecule has 3 nitrogen and oxygen atoms in total. The predicted molar refractivity (Wildman–Crippen MR) is 97.6 cm³/mol. The minimum Gasteiger partial charge on any atom is -0.396 e. The van der Waals surface area contributed by atoms with Crippen molar-refractivity contribution in [3.8, 4) is 0 Å². The maximum Gasteiger partial charge on any atom is 0.435 e. The first kappa shape index (κ1) is 24.2. The van der Waals surface area contributed by atoms with Gasteiger partial charge in [0.25, 0.3) is 5.91 Å². The zero-order valence-electron chi connectivity index (χ0n) is 14.6. The molecule has 0 atom stereocenters. The second-order valence-electron chi connectivity index (χ2n) is 6.02. The summed E-state index contributed by atoms with van der Waals surface area (Å²) in [6.45, 7) is 0. The van der Waals surface area contributed by atoms with Crippen LogP contribution in [0.2, 0.25) is 5.02 Å². The van der Waals surface area contributed by atoms with Gasteiger partial charge in [0.15, 0.2) is 5.82 Å². The van der Waals surface area contributed by atoms with E-state index in [2.05, 4.69) is 15.9 Å². The van der Waals surface area contributed by atoms with Crippen LogP contribution in [0.3, 0.4) is 0 Å². The van der Waals surface area contributed by atoms with Gasteiger partial charge in [-0.25, -0.2) is 8.78 Å². The highest BCUT2D eigenvalue weighted by molar-refractivity contribution is 9.10. The van der Waals surface area contributed by atoms with Crippen LogP contribution in [0.1, 0.15) is 15.9 Å². The molecule has 0 unspecified atom stereocenters. The third-order valence-corrected chi connectivity index (χ3v) is 4.99. The molecule has 0 saturated carbocycles. The first-order valence-corrected chi connectivity index (χ1v) is 8.85. The van der Waals surface area contributed by atoms with Gasteiger partial charge in [-0.1, -0.05) is 17.7 Å². The molecule has 2 aromatic rings. The maximum absolute atomic E-state index is 14.3. The van der Waals surface area contributed by atoms with Crippen molar-refractivity contribution in [1.82, 2.24) is 0 Å². The third kappa shape index (κ3) is 3.94. The van der Waals surface area contributed by atoms with Gasteiger partial charge in [-0.3, -0.25) is 4.79 Å².